The van der Waals surface area contributed by atoms with Crippen LogP contribution in [0.4, 0.5) is 4.39 Å². The molecule has 16 heavy (non-hydrogen) atoms. The monoisotopic (exact) mass is 313 g/mol. The number of rotatable bonds is 2. The van der Waals surface area contributed by atoms with Gasteiger partial charge in [-0.25, -0.2) is 4.39 Å². The second-order valence-electron chi connectivity index (χ2n) is 2.83. The fraction of sp³-hybridized carbons (Fsp3) is 0.222. The molecule has 0 aliphatic carbocycles. The van der Waals surface area contributed by atoms with Crippen LogP contribution in [-0.2, 0) is 9.53 Å². The van der Waals surface area contributed by atoms with Crippen molar-refractivity contribution in [2.45, 2.75) is 6.04 Å². The lowest BCUT2D eigenvalue weighted by Crippen LogP contribution is -2.22. The number of nitrogens with two attached hydrogens (primary N) is 1. The maximum atomic E-state index is 13.1. The summed E-state index contributed by atoms with van der Waals surface area (Å²) < 4.78 is 17.9. The van der Waals surface area contributed by atoms with Crippen molar-refractivity contribution in [1.29, 1.82) is 0 Å². The molecule has 3 N–H and O–H groups in total. The average molecular weight is 315 g/mol. The first-order chi connectivity index (χ1) is 6.97. The molecular weight excluding hydrogens is 304 g/mol. The fourth-order valence-electron chi connectivity index (χ4n) is 1.08. The van der Waals surface area contributed by atoms with Crippen molar-refractivity contribution < 1.29 is 19.0 Å². The summed E-state index contributed by atoms with van der Waals surface area (Å²) >= 11 is 3.03. The van der Waals surface area contributed by atoms with Crippen LogP contribution in [0.5, 0.6) is 5.75 Å². The van der Waals surface area contributed by atoms with Gasteiger partial charge in [0.25, 0.3) is 0 Å². The topological polar surface area (TPSA) is 72.5 Å². The van der Waals surface area contributed by atoms with Crippen molar-refractivity contribution in [3.05, 3.63) is 28.0 Å². The summed E-state index contributed by atoms with van der Waals surface area (Å²) in [5.41, 5.74) is 5.45. The van der Waals surface area contributed by atoms with Crippen LogP contribution in [0, 0.1) is 5.82 Å². The minimum Gasteiger partial charge on any atom is -0.505 e. The Bertz CT molecular complexity index is 403. The van der Waals surface area contributed by atoms with Crippen LogP contribution in [0.15, 0.2) is 16.6 Å². The molecule has 1 atom stereocenters. The van der Waals surface area contributed by atoms with Crippen molar-refractivity contribution in [2.24, 2.45) is 5.73 Å². The quantitative estimate of drug-likeness (QED) is 0.818. The van der Waals surface area contributed by atoms with Gasteiger partial charge in [0.2, 0.25) is 0 Å². The lowest BCUT2D eigenvalue weighted by atomic mass is 10.1. The number of ether oxygens (including phenoxy) is 1. The SMILES string of the molecule is COC(=O)[C@@H](N)c1cc(Br)cc(F)c1O.Cl. The summed E-state index contributed by atoms with van der Waals surface area (Å²) in [6.07, 6.45) is 0. The third kappa shape index (κ3) is 3.07. The first-order valence-electron chi connectivity index (χ1n) is 3.98. The van der Waals surface area contributed by atoms with E-state index in [4.69, 9.17) is 5.73 Å². The number of halogens is 3. The molecule has 1 aromatic rings. The van der Waals surface area contributed by atoms with E-state index >= 15 is 0 Å². The Morgan fingerprint density at radius 3 is 2.69 bits per heavy atom. The van der Waals surface area contributed by atoms with Gasteiger partial charge in [-0.05, 0) is 12.1 Å². The van der Waals surface area contributed by atoms with Crippen LogP contribution < -0.4 is 5.73 Å². The van der Waals surface area contributed by atoms with Crippen LogP contribution in [0.25, 0.3) is 0 Å². The highest BCUT2D eigenvalue weighted by atomic mass is 79.9. The van der Waals surface area contributed by atoms with E-state index in [1.807, 2.05) is 0 Å². The minimum atomic E-state index is -1.21. The van der Waals surface area contributed by atoms with Gasteiger partial charge in [-0.15, -0.1) is 12.4 Å². The van der Waals surface area contributed by atoms with Crippen molar-refractivity contribution in [1.82, 2.24) is 0 Å². The van der Waals surface area contributed by atoms with Crippen LogP contribution in [-0.4, -0.2) is 18.2 Å². The highest BCUT2D eigenvalue weighted by Gasteiger charge is 2.22. The molecule has 0 aliphatic rings. The molecule has 90 valence electrons. The summed E-state index contributed by atoms with van der Waals surface area (Å²) in [5.74, 6) is -2.24. The first kappa shape index (κ1) is 15.2. The zero-order chi connectivity index (χ0) is 11.6. The predicted molar refractivity (Wildman–Crippen MR) is 62.0 cm³/mol. The van der Waals surface area contributed by atoms with Crippen molar-refractivity contribution in [2.75, 3.05) is 7.11 Å². The number of carbonyl (C=O) groups is 1. The molecule has 0 amide bonds. The molecule has 0 aliphatic heterocycles. The van der Waals surface area contributed by atoms with E-state index in [0.717, 1.165) is 13.2 Å². The molecule has 0 radical (unpaired) electrons. The first-order valence-corrected chi connectivity index (χ1v) is 4.78. The molecule has 7 heteroatoms. The van der Waals surface area contributed by atoms with Gasteiger partial charge in [0.05, 0.1) is 7.11 Å². The average Bonchev–Trinajstić information content (AvgIpc) is 2.21. The Labute approximate surface area is 106 Å². The largest absolute Gasteiger partial charge is 0.505 e. The molecule has 4 nitrogen and oxygen atoms in total. The Hall–Kier alpha value is -0.850. The second-order valence-corrected chi connectivity index (χ2v) is 3.74. The third-order valence-electron chi connectivity index (χ3n) is 1.85. The summed E-state index contributed by atoms with van der Waals surface area (Å²) in [7, 11) is 1.16. The number of hydrogen-bond donors (Lipinski definition) is 2. The highest BCUT2D eigenvalue weighted by Crippen LogP contribution is 2.30. The van der Waals surface area contributed by atoms with Gasteiger partial charge in [0, 0.05) is 10.0 Å². The summed E-state index contributed by atoms with van der Waals surface area (Å²) in [4.78, 5) is 11.1. The van der Waals surface area contributed by atoms with Gasteiger partial charge in [-0.3, -0.25) is 4.79 Å². The lowest BCUT2D eigenvalue weighted by molar-refractivity contribution is -0.142. The number of carbonyl (C=O) groups excluding carboxylic acids is 1. The molecule has 0 unspecified atom stereocenters. The van der Waals surface area contributed by atoms with Crippen LogP contribution >= 0.6 is 28.3 Å². The van der Waals surface area contributed by atoms with Gasteiger partial charge in [0.15, 0.2) is 11.6 Å². The van der Waals surface area contributed by atoms with Crippen molar-refractivity contribution >= 4 is 34.3 Å². The van der Waals surface area contributed by atoms with Crippen LogP contribution in [0.2, 0.25) is 0 Å². The van der Waals surface area contributed by atoms with Crippen LogP contribution in [0.3, 0.4) is 0 Å². The molecule has 0 saturated heterocycles. The Morgan fingerprint density at radius 2 is 2.19 bits per heavy atom. The van der Waals surface area contributed by atoms with Gasteiger partial charge < -0.3 is 15.6 Å². The Morgan fingerprint density at radius 1 is 1.62 bits per heavy atom. The molecule has 0 bridgehead atoms. The van der Waals surface area contributed by atoms with Crippen molar-refractivity contribution in [3.8, 4) is 5.75 Å². The maximum absolute atomic E-state index is 13.1. The third-order valence-corrected chi connectivity index (χ3v) is 2.31. The Kier molecular flexibility index (Phi) is 5.71. The fourth-order valence-corrected chi connectivity index (χ4v) is 1.52. The summed E-state index contributed by atoms with van der Waals surface area (Å²) in [5, 5.41) is 9.35. The summed E-state index contributed by atoms with van der Waals surface area (Å²) in [6, 6.07) is 1.23. The highest BCUT2D eigenvalue weighted by molar-refractivity contribution is 9.10. The smallest absolute Gasteiger partial charge is 0.327 e. The van der Waals surface area contributed by atoms with E-state index < -0.39 is 23.6 Å². The lowest BCUT2D eigenvalue weighted by Gasteiger charge is -2.12. The van der Waals surface area contributed by atoms with E-state index in [1.165, 1.54) is 6.07 Å². The molecule has 1 aromatic carbocycles. The normalized spacial score (nSPS) is 11.5. The molecule has 0 heterocycles. The van der Waals surface area contributed by atoms with Crippen LogP contribution in [0.1, 0.15) is 11.6 Å². The minimum absolute atomic E-state index is 0. The number of methoxy groups -OCH3 is 1. The number of phenols is 1. The zero-order valence-corrected chi connectivity index (χ0v) is 10.6. The van der Waals surface area contributed by atoms with Gasteiger partial charge in [-0.2, -0.15) is 0 Å². The van der Waals surface area contributed by atoms with Crippen molar-refractivity contribution in [3.63, 3.8) is 0 Å². The van der Waals surface area contributed by atoms with E-state index in [-0.39, 0.29) is 18.0 Å². The standard InChI is InChI=1S/C9H9BrFNO3.ClH/c1-15-9(14)7(12)5-2-4(10)3-6(11)8(5)13;/h2-3,7,13H,12H2,1H3;1H/t7-;/m0./s1. The zero-order valence-electron chi connectivity index (χ0n) is 8.24. The van der Waals surface area contributed by atoms with E-state index in [2.05, 4.69) is 20.7 Å². The molecule has 0 aromatic heterocycles. The van der Waals surface area contributed by atoms with Gasteiger partial charge in [-0.1, -0.05) is 15.9 Å². The maximum Gasteiger partial charge on any atom is 0.327 e. The molecular formula is C9H10BrClFNO3. The Balaban J connectivity index is 0.00000225. The molecule has 0 saturated carbocycles. The predicted octanol–water partition coefficient (Wildman–Crippen LogP) is 1.89. The molecule has 0 fully saturated rings. The van der Waals surface area contributed by atoms with Gasteiger partial charge in [0.1, 0.15) is 6.04 Å². The number of benzene rings is 1. The number of phenolic OH excluding ortho intramolecular Hbond substituents is 1. The molecule has 1 rings (SSSR count). The van der Waals surface area contributed by atoms with E-state index in [0.29, 0.717) is 4.47 Å². The number of hydrogen-bond acceptors (Lipinski definition) is 4. The number of esters is 1. The number of aromatic hydroxyl groups is 1. The summed E-state index contributed by atoms with van der Waals surface area (Å²) in [6.45, 7) is 0. The van der Waals surface area contributed by atoms with E-state index in [9.17, 15) is 14.3 Å². The van der Waals surface area contributed by atoms with Gasteiger partial charge >= 0.3 is 5.97 Å². The molecule has 0 spiro atoms. The van der Waals surface area contributed by atoms with E-state index in [1.54, 1.807) is 0 Å². The second kappa shape index (κ2) is 6.03.